The minimum Gasteiger partial charge on any atom is -0.507 e. The standard InChI is InChI=1S/C9H5NOS2/c10-4-6-3-7-8(11)1-5(12)2-9(7)13-6/h1-3,11-12H. The van der Waals surface area contributed by atoms with Crippen LogP contribution in [0.2, 0.25) is 0 Å². The first kappa shape index (κ1) is 8.42. The van der Waals surface area contributed by atoms with Gasteiger partial charge in [-0.15, -0.1) is 24.0 Å². The Morgan fingerprint density at radius 3 is 2.85 bits per heavy atom. The molecule has 2 rings (SSSR count). The van der Waals surface area contributed by atoms with Crippen molar-refractivity contribution >= 4 is 34.1 Å². The molecule has 2 nitrogen and oxygen atoms in total. The highest BCUT2D eigenvalue weighted by atomic mass is 32.1. The first-order chi connectivity index (χ1) is 6.20. The van der Waals surface area contributed by atoms with Crippen molar-refractivity contribution in [1.29, 1.82) is 5.26 Å². The number of thiophene rings is 1. The molecule has 0 fully saturated rings. The van der Waals surface area contributed by atoms with Gasteiger partial charge in [0.25, 0.3) is 0 Å². The lowest BCUT2D eigenvalue weighted by Gasteiger charge is -1.95. The van der Waals surface area contributed by atoms with Crippen LogP contribution in [0.5, 0.6) is 5.75 Å². The van der Waals surface area contributed by atoms with E-state index in [4.69, 9.17) is 5.26 Å². The van der Waals surface area contributed by atoms with Crippen molar-refractivity contribution in [1.82, 2.24) is 0 Å². The van der Waals surface area contributed by atoms with Crippen LogP contribution < -0.4 is 0 Å². The summed E-state index contributed by atoms with van der Waals surface area (Å²) in [7, 11) is 0. The van der Waals surface area contributed by atoms with Crippen LogP contribution in [0.4, 0.5) is 0 Å². The molecule has 13 heavy (non-hydrogen) atoms. The van der Waals surface area contributed by atoms with Gasteiger partial charge in [0.15, 0.2) is 0 Å². The number of thiol groups is 1. The average molecular weight is 207 g/mol. The summed E-state index contributed by atoms with van der Waals surface area (Å²) in [6, 6.07) is 7.13. The van der Waals surface area contributed by atoms with E-state index in [0.29, 0.717) is 9.77 Å². The van der Waals surface area contributed by atoms with Gasteiger partial charge in [-0.3, -0.25) is 0 Å². The third-order valence-corrected chi connectivity index (χ3v) is 2.96. The highest BCUT2D eigenvalue weighted by molar-refractivity contribution is 7.80. The SMILES string of the molecule is N#Cc1cc2c(O)cc(S)cc2s1. The van der Waals surface area contributed by atoms with Crippen molar-refractivity contribution in [2.24, 2.45) is 0 Å². The van der Waals surface area contributed by atoms with Crippen LogP contribution in [0, 0.1) is 11.3 Å². The first-order valence-corrected chi connectivity index (χ1v) is 4.82. The molecule has 0 bridgehead atoms. The van der Waals surface area contributed by atoms with Gasteiger partial charge in [-0.05, 0) is 18.2 Å². The van der Waals surface area contributed by atoms with Gasteiger partial charge in [0.2, 0.25) is 0 Å². The highest BCUT2D eigenvalue weighted by Crippen LogP contribution is 2.34. The quantitative estimate of drug-likeness (QED) is 0.652. The second-order valence-corrected chi connectivity index (χ2v) is 4.20. The van der Waals surface area contributed by atoms with Crippen LogP contribution >= 0.6 is 24.0 Å². The van der Waals surface area contributed by atoms with Crippen LogP contribution in [0.25, 0.3) is 10.1 Å². The molecule has 0 aliphatic rings. The fourth-order valence-electron chi connectivity index (χ4n) is 1.16. The van der Waals surface area contributed by atoms with Crippen molar-refractivity contribution in [3.8, 4) is 11.8 Å². The number of fused-ring (bicyclic) bond motifs is 1. The van der Waals surface area contributed by atoms with Gasteiger partial charge in [0.05, 0.1) is 0 Å². The molecule has 0 saturated carbocycles. The van der Waals surface area contributed by atoms with Crippen LogP contribution in [-0.2, 0) is 0 Å². The zero-order valence-corrected chi connectivity index (χ0v) is 8.19. The minimum absolute atomic E-state index is 0.181. The lowest BCUT2D eigenvalue weighted by atomic mass is 10.2. The topological polar surface area (TPSA) is 44.0 Å². The summed E-state index contributed by atoms with van der Waals surface area (Å²) < 4.78 is 0.890. The number of aromatic hydroxyl groups is 1. The molecule has 0 unspecified atom stereocenters. The molecule has 4 heteroatoms. The van der Waals surface area contributed by atoms with E-state index in [9.17, 15) is 5.11 Å². The van der Waals surface area contributed by atoms with Crippen molar-refractivity contribution in [3.63, 3.8) is 0 Å². The van der Waals surface area contributed by atoms with Gasteiger partial charge in [-0.2, -0.15) is 5.26 Å². The number of nitriles is 1. The molecule has 0 atom stereocenters. The summed E-state index contributed by atoms with van der Waals surface area (Å²) >= 11 is 5.49. The largest absolute Gasteiger partial charge is 0.507 e. The van der Waals surface area contributed by atoms with Crippen molar-refractivity contribution in [2.45, 2.75) is 4.90 Å². The number of benzene rings is 1. The van der Waals surface area contributed by atoms with Crippen LogP contribution in [-0.4, -0.2) is 5.11 Å². The Morgan fingerprint density at radius 2 is 2.15 bits per heavy atom. The second-order valence-electron chi connectivity index (χ2n) is 2.60. The van der Waals surface area contributed by atoms with E-state index >= 15 is 0 Å². The van der Waals surface area contributed by atoms with Crippen molar-refractivity contribution in [3.05, 3.63) is 23.1 Å². The number of phenols is 1. The van der Waals surface area contributed by atoms with Gasteiger partial charge in [-0.25, -0.2) is 0 Å². The molecule has 0 aliphatic heterocycles. The monoisotopic (exact) mass is 207 g/mol. The predicted octanol–water partition coefficient (Wildman–Crippen LogP) is 2.77. The zero-order valence-electron chi connectivity index (χ0n) is 6.48. The molecule has 0 aliphatic carbocycles. The van der Waals surface area contributed by atoms with E-state index in [0.717, 1.165) is 10.1 Å². The zero-order chi connectivity index (χ0) is 9.42. The molecular weight excluding hydrogens is 202 g/mol. The molecule has 1 aromatic carbocycles. The Kier molecular flexibility index (Phi) is 1.91. The van der Waals surface area contributed by atoms with Crippen LogP contribution in [0.15, 0.2) is 23.1 Å². The second kappa shape index (κ2) is 2.95. The van der Waals surface area contributed by atoms with E-state index in [1.165, 1.54) is 11.3 Å². The van der Waals surface area contributed by atoms with E-state index < -0.39 is 0 Å². The van der Waals surface area contributed by atoms with Crippen molar-refractivity contribution in [2.75, 3.05) is 0 Å². The smallest absolute Gasteiger partial charge is 0.125 e. The predicted molar refractivity (Wildman–Crippen MR) is 55.5 cm³/mol. The molecule has 0 radical (unpaired) electrons. The molecule has 2 aromatic rings. The van der Waals surface area contributed by atoms with Gasteiger partial charge < -0.3 is 5.11 Å². The fourth-order valence-corrected chi connectivity index (χ4v) is 2.42. The number of hydrogen-bond acceptors (Lipinski definition) is 4. The summed E-state index contributed by atoms with van der Waals surface area (Å²) in [6.45, 7) is 0. The fraction of sp³-hybridized carbons (Fsp3) is 0. The van der Waals surface area contributed by atoms with E-state index in [1.807, 2.05) is 12.1 Å². The molecule has 1 aromatic heterocycles. The summed E-state index contributed by atoms with van der Waals surface area (Å²) in [5.74, 6) is 0.181. The maximum absolute atomic E-state index is 9.51. The summed E-state index contributed by atoms with van der Waals surface area (Å²) in [5, 5.41) is 18.9. The number of nitrogens with zero attached hydrogens (tertiary/aromatic N) is 1. The molecule has 1 N–H and O–H groups in total. The minimum atomic E-state index is 0.181. The van der Waals surface area contributed by atoms with Gasteiger partial charge in [0, 0.05) is 15.0 Å². The van der Waals surface area contributed by atoms with Gasteiger partial charge in [0.1, 0.15) is 16.7 Å². The molecule has 0 spiro atoms. The normalized spacial score (nSPS) is 10.2. The Balaban J connectivity index is 2.84. The number of rotatable bonds is 0. The van der Waals surface area contributed by atoms with Crippen molar-refractivity contribution < 1.29 is 5.11 Å². The van der Waals surface area contributed by atoms with E-state index in [1.54, 1.807) is 12.1 Å². The molecule has 64 valence electrons. The molecule has 0 amide bonds. The van der Waals surface area contributed by atoms with Crippen LogP contribution in [0.1, 0.15) is 4.88 Å². The Hall–Kier alpha value is -1.18. The lowest BCUT2D eigenvalue weighted by molar-refractivity contribution is 0.480. The Bertz CT molecular complexity index is 510. The summed E-state index contributed by atoms with van der Waals surface area (Å²) in [4.78, 5) is 1.31. The number of phenolic OH excluding ortho intramolecular Hbond substituents is 1. The summed E-state index contributed by atoms with van der Waals surface area (Å²) in [6.07, 6.45) is 0. The van der Waals surface area contributed by atoms with E-state index in [-0.39, 0.29) is 5.75 Å². The van der Waals surface area contributed by atoms with E-state index in [2.05, 4.69) is 12.6 Å². The average Bonchev–Trinajstić information content (AvgIpc) is 2.47. The summed E-state index contributed by atoms with van der Waals surface area (Å²) in [5.41, 5.74) is 0. The van der Waals surface area contributed by atoms with Gasteiger partial charge >= 0.3 is 0 Å². The molecule has 1 heterocycles. The third kappa shape index (κ3) is 1.37. The molecular formula is C9H5NOS2. The maximum Gasteiger partial charge on any atom is 0.125 e. The first-order valence-electron chi connectivity index (χ1n) is 3.56. The Labute approximate surface area is 84.5 Å². The maximum atomic E-state index is 9.51. The Morgan fingerprint density at radius 1 is 1.38 bits per heavy atom. The van der Waals surface area contributed by atoms with Gasteiger partial charge in [-0.1, -0.05) is 0 Å². The molecule has 0 saturated heterocycles. The number of hydrogen-bond donors (Lipinski definition) is 2. The third-order valence-electron chi connectivity index (χ3n) is 1.71. The van der Waals surface area contributed by atoms with Crippen LogP contribution in [0.3, 0.4) is 0 Å². The highest BCUT2D eigenvalue weighted by Gasteiger charge is 2.05. The lowest BCUT2D eigenvalue weighted by Crippen LogP contribution is -1.67.